The van der Waals surface area contributed by atoms with E-state index in [1.54, 1.807) is 0 Å². The molecule has 41 heavy (non-hydrogen) atoms. The number of carboxylic acids is 1. The van der Waals surface area contributed by atoms with Gasteiger partial charge >= 0.3 is 12.1 Å². The third-order valence-corrected chi connectivity index (χ3v) is 6.48. The SMILES string of the molecule is CC(C)(c1cc(Cl)cc(C(CC(=O)O)NC(=O)CNC(=O)c2cc(O)cc(NC3=NCC(F)CN3)c2)c1)C(F)(F)F. The lowest BCUT2D eigenvalue weighted by Gasteiger charge is -2.29. The smallest absolute Gasteiger partial charge is 0.397 e. The first kappa shape index (κ1) is 31.5. The number of carbonyl (C=O) groups excluding carboxylic acids is 2. The van der Waals surface area contributed by atoms with E-state index in [1.165, 1.54) is 18.2 Å². The van der Waals surface area contributed by atoms with Crippen molar-refractivity contribution in [3.8, 4) is 5.75 Å². The van der Waals surface area contributed by atoms with Crippen molar-refractivity contribution in [2.24, 2.45) is 4.99 Å². The van der Waals surface area contributed by atoms with E-state index in [0.717, 1.165) is 32.0 Å². The molecule has 0 saturated carbocycles. The summed E-state index contributed by atoms with van der Waals surface area (Å²) in [6.07, 6.45) is -6.45. The topological polar surface area (TPSA) is 152 Å². The number of benzene rings is 2. The van der Waals surface area contributed by atoms with Crippen molar-refractivity contribution in [2.75, 3.05) is 25.0 Å². The lowest BCUT2D eigenvalue weighted by atomic mass is 9.82. The summed E-state index contributed by atoms with van der Waals surface area (Å²) in [5.74, 6) is -2.99. The molecule has 1 heterocycles. The maximum Gasteiger partial charge on any atom is 0.397 e. The van der Waals surface area contributed by atoms with Crippen molar-refractivity contribution in [3.63, 3.8) is 0 Å². The number of halogens is 5. The molecule has 1 aliphatic rings. The minimum absolute atomic E-state index is 0.0343. The van der Waals surface area contributed by atoms with Gasteiger partial charge in [0.15, 0.2) is 5.96 Å². The Bertz CT molecular complexity index is 1350. The summed E-state index contributed by atoms with van der Waals surface area (Å²) in [5.41, 5.74) is -2.30. The highest BCUT2D eigenvalue weighted by atomic mass is 35.5. The van der Waals surface area contributed by atoms with Gasteiger partial charge < -0.3 is 31.5 Å². The van der Waals surface area contributed by atoms with E-state index in [-0.39, 0.29) is 52.2 Å². The lowest BCUT2D eigenvalue weighted by Crippen LogP contribution is -2.41. The van der Waals surface area contributed by atoms with Crippen LogP contribution in [0.15, 0.2) is 41.4 Å². The molecule has 222 valence electrons. The normalized spacial score (nSPS) is 16.2. The van der Waals surface area contributed by atoms with E-state index in [2.05, 4.69) is 26.3 Å². The van der Waals surface area contributed by atoms with Gasteiger partial charge in [0.2, 0.25) is 5.91 Å². The Morgan fingerprint density at radius 2 is 1.85 bits per heavy atom. The molecule has 2 atom stereocenters. The monoisotopic (exact) mass is 601 g/mol. The molecule has 2 aromatic rings. The summed E-state index contributed by atoms with van der Waals surface area (Å²) in [4.78, 5) is 40.7. The zero-order valence-electron chi connectivity index (χ0n) is 21.9. The van der Waals surface area contributed by atoms with Gasteiger partial charge in [-0.25, -0.2) is 9.38 Å². The number of nitrogens with zero attached hydrogens (tertiary/aromatic N) is 1. The second-order valence-corrected chi connectivity index (χ2v) is 10.3. The van der Waals surface area contributed by atoms with Crippen LogP contribution < -0.4 is 21.3 Å². The molecule has 1 aliphatic heterocycles. The Kier molecular flexibility index (Phi) is 9.69. The first-order chi connectivity index (χ1) is 19.0. The standard InChI is InChI=1S/C26H28ClF4N5O5/c1-25(2,26(29,30)31)15-3-13(4-16(27)7-15)20(9-22(39)40)36-21(38)12-32-23(41)14-5-18(8-19(37)6-14)35-24-33-10-17(28)11-34-24/h3-8,17,20,37H,9-12H2,1-2H3,(H,32,41)(H,36,38)(H,39,40)(H2,33,34,35). The largest absolute Gasteiger partial charge is 0.508 e. The second kappa shape index (κ2) is 12.6. The third kappa shape index (κ3) is 8.46. The number of aromatic hydroxyl groups is 1. The van der Waals surface area contributed by atoms with Gasteiger partial charge in [-0.3, -0.25) is 14.4 Å². The van der Waals surface area contributed by atoms with E-state index in [1.807, 2.05) is 0 Å². The summed E-state index contributed by atoms with van der Waals surface area (Å²) in [5, 5.41) is 29.5. The molecular formula is C26H28ClF4N5O5. The maximum atomic E-state index is 13.6. The predicted octanol–water partition coefficient (Wildman–Crippen LogP) is 3.66. The van der Waals surface area contributed by atoms with Crippen molar-refractivity contribution >= 4 is 41.0 Å². The molecule has 15 heteroatoms. The summed E-state index contributed by atoms with van der Waals surface area (Å²) < 4.78 is 54.1. The molecule has 0 aromatic heterocycles. The summed E-state index contributed by atoms with van der Waals surface area (Å²) >= 11 is 6.05. The van der Waals surface area contributed by atoms with Crippen LogP contribution >= 0.6 is 11.6 Å². The van der Waals surface area contributed by atoms with Gasteiger partial charge in [0, 0.05) is 22.3 Å². The van der Waals surface area contributed by atoms with Gasteiger partial charge in [-0.2, -0.15) is 13.2 Å². The number of carboxylic acid groups (broad SMARTS) is 1. The molecule has 0 bridgehead atoms. The molecule has 10 nitrogen and oxygen atoms in total. The average Bonchev–Trinajstić information content (AvgIpc) is 2.86. The number of phenolic OH excluding ortho intramolecular Hbond substituents is 1. The van der Waals surface area contributed by atoms with Crippen molar-refractivity contribution in [1.29, 1.82) is 0 Å². The molecule has 0 aliphatic carbocycles. The maximum absolute atomic E-state index is 13.6. The number of rotatable bonds is 9. The van der Waals surface area contributed by atoms with Crippen molar-refractivity contribution in [1.82, 2.24) is 16.0 Å². The van der Waals surface area contributed by atoms with E-state index >= 15 is 0 Å². The van der Waals surface area contributed by atoms with E-state index < -0.39 is 54.6 Å². The Labute approximate surface area is 237 Å². The van der Waals surface area contributed by atoms with Gasteiger partial charge in [-0.15, -0.1) is 0 Å². The number of phenols is 1. The van der Waals surface area contributed by atoms with Crippen LogP contribution in [0.2, 0.25) is 5.02 Å². The number of anilines is 1. The molecule has 0 fully saturated rings. The van der Waals surface area contributed by atoms with Gasteiger partial charge in [-0.1, -0.05) is 17.7 Å². The van der Waals surface area contributed by atoms with Crippen LogP contribution in [0.4, 0.5) is 23.2 Å². The minimum Gasteiger partial charge on any atom is -0.508 e. The highest BCUT2D eigenvalue weighted by Crippen LogP contribution is 2.42. The van der Waals surface area contributed by atoms with E-state index in [4.69, 9.17) is 11.6 Å². The van der Waals surface area contributed by atoms with Gasteiger partial charge in [-0.05, 0) is 49.2 Å². The Morgan fingerprint density at radius 1 is 1.15 bits per heavy atom. The number of alkyl halides is 4. The highest BCUT2D eigenvalue weighted by molar-refractivity contribution is 6.30. The highest BCUT2D eigenvalue weighted by Gasteiger charge is 2.48. The number of aliphatic imine (C=N–C) groups is 1. The molecule has 0 spiro atoms. The van der Waals surface area contributed by atoms with Crippen LogP contribution in [0.1, 0.15) is 47.8 Å². The number of aliphatic carboxylic acids is 1. The van der Waals surface area contributed by atoms with Gasteiger partial charge in [0.25, 0.3) is 5.91 Å². The summed E-state index contributed by atoms with van der Waals surface area (Å²) in [6.45, 7) is 1.25. The molecule has 0 saturated heterocycles. The number of hydrogen-bond donors (Lipinski definition) is 6. The number of amides is 2. The molecule has 3 rings (SSSR count). The molecular weight excluding hydrogens is 574 g/mol. The van der Waals surface area contributed by atoms with Crippen molar-refractivity contribution in [2.45, 2.75) is 44.1 Å². The minimum atomic E-state index is -4.64. The molecule has 2 amide bonds. The van der Waals surface area contributed by atoms with E-state index in [0.29, 0.717) is 0 Å². The predicted molar refractivity (Wildman–Crippen MR) is 143 cm³/mol. The number of carbonyl (C=O) groups is 3. The fourth-order valence-corrected chi connectivity index (χ4v) is 4.07. The van der Waals surface area contributed by atoms with Gasteiger partial charge in [0.05, 0.1) is 37.5 Å². The molecule has 2 unspecified atom stereocenters. The zero-order valence-corrected chi connectivity index (χ0v) is 22.7. The molecule has 6 N–H and O–H groups in total. The Hall–Kier alpha value is -4.07. The fourth-order valence-electron chi connectivity index (χ4n) is 3.83. The van der Waals surface area contributed by atoms with Gasteiger partial charge in [0.1, 0.15) is 11.9 Å². The van der Waals surface area contributed by atoms with Crippen LogP contribution in [0.5, 0.6) is 5.75 Å². The van der Waals surface area contributed by atoms with Crippen molar-refractivity contribution in [3.05, 3.63) is 58.1 Å². The zero-order chi connectivity index (χ0) is 30.5. The Morgan fingerprint density at radius 3 is 2.46 bits per heavy atom. The van der Waals surface area contributed by atoms with Crippen LogP contribution in [0, 0.1) is 0 Å². The van der Waals surface area contributed by atoms with Crippen LogP contribution in [-0.2, 0) is 15.0 Å². The lowest BCUT2D eigenvalue weighted by molar-refractivity contribution is -0.180. The van der Waals surface area contributed by atoms with Crippen molar-refractivity contribution < 1.29 is 42.2 Å². The number of hydrogen-bond acceptors (Lipinski definition) is 7. The van der Waals surface area contributed by atoms with E-state index in [9.17, 15) is 42.2 Å². The van der Waals surface area contributed by atoms with Crippen LogP contribution in [0.3, 0.4) is 0 Å². The fraction of sp³-hybridized carbons (Fsp3) is 0.385. The third-order valence-electron chi connectivity index (χ3n) is 6.26. The van der Waals surface area contributed by atoms with Crippen LogP contribution in [0.25, 0.3) is 0 Å². The Balaban J connectivity index is 1.71. The quantitative estimate of drug-likeness (QED) is 0.240. The first-order valence-electron chi connectivity index (χ1n) is 12.3. The number of nitrogens with one attached hydrogen (secondary N) is 4. The van der Waals surface area contributed by atoms with Crippen LogP contribution in [-0.4, -0.2) is 65.9 Å². The first-order valence-corrected chi connectivity index (χ1v) is 12.6. The summed E-state index contributed by atoms with van der Waals surface area (Å²) in [7, 11) is 0. The second-order valence-electron chi connectivity index (χ2n) is 9.86. The number of guanidine groups is 1. The average molecular weight is 602 g/mol. The summed E-state index contributed by atoms with van der Waals surface area (Å²) in [6, 6.07) is 6.02. The molecule has 2 aromatic carbocycles. The molecule has 0 radical (unpaired) electrons.